The molecule has 3 rings (SSSR count). The SMILES string of the molecule is CC(C)(C)c1nc2cc(NC(=O)CCn3cc([N+](=O)[O-])cn3)ccc2o1. The molecule has 0 atom stereocenters. The quantitative estimate of drug-likeness (QED) is 0.553. The van der Waals surface area contributed by atoms with Gasteiger partial charge >= 0.3 is 5.69 Å². The van der Waals surface area contributed by atoms with E-state index >= 15 is 0 Å². The summed E-state index contributed by atoms with van der Waals surface area (Å²) >= 11 is 0. The third kappa shape index (κ3) is 3.88. The van der Waals surface area contributed by atoms with Gasteiger partial charge in [0.15, 0.2) is 5.58 Å². The number of hydrogen-bond donors (Lipinski definition) is 1. The summed E-state index contributed by atoms with van der Waals surface area (Å²) < 4.78 is 7.10. The normalized spacial score (nSPS) is 11.7. The van der Waals surface area contributed by atoms with Crippen molar-refractivity contribution in [1.82, 2.24) is 14.8 Å². The largest absolute Gasteiger partial charge is 0.440 e. The summed E-state index contributed by atoms with van der Waals surface area (Å²) in [4.78, 5) is 26.7. The molecule has 1 aromatic carbocycles. The molecule has 2 aromatic heterocycles. The van der Waals surface area contributed by atoms with Gasteiger partial charge < -0.3 is 9.73 Å². The first-order valence-corrected chi connectivity index (χ1v) is 8.10. The zero-order valence-corrected chi connectivity index (χ0v) is 14.7. The number of amides is 1. The van der Waals surface area contributed by atoms with Crippen molar-refractivity contribution in [2.75, 3.05) is 5.32 Å². The Hall–Kier alpha value is -3.23. The second-order valence-corrected chi connectivity index (χ2v) is 6.97. The Morgan fingerprint density at radius 2 is 2.15 bits per heavy atom. The highest BCUT2D eigenvalue weighted by Crippen LogP contribution is 2.27. The predicted octanol–water partition coefficient (Wildman–Crippen LogP) is 3.26. The molecule has 2 heterocycles. The van der Waals surface area contributed by atoms with Crippen molar-refractivity contribution in [3.63, 3.8) is 0 Å². The van der Waals surface area contributed by atoms with Crippen molar-refractivity contribution in [2.24, 2.45) is 0 Å². The molecular formula is C17H19N5O4. The van der Waals surface area contributed by atoms with Crippen LogP contribution < -0.4 is 5.32 Å². The Labute approximate surface area is 149 Å². The number of nitrogens with one attached hydrogen (secondary N) is 1. The number of oxazole rings is 1. The number of nitro groups is 1. The van der Waals surface area contributed by atoms with E-state index in [1.165, 1.54) is 10.9 Å². The maximum Gasteiger partial charge on any atom is 0.306 e. The highest BCUT2D eigenvalue weighted by Gasteiger charge is 2.21. The second kappa shape index (κ2) is 6.58. The predicted molar refractivity (Wildman–Crippen MR) is 94.8 cm³/mol. The summed E-state index contributed by atoms with van der Waals surface area (Å²) in [5.41, 5.74) is 1.65. The molecule has 0 fully saturated rings. The van der Waals surface area contributed by atoms with Crippen molar-refractivity contribution in [3.05, 3.63) is 46.6 Å². The van der Waals surface area contributed by atoms with Crippen molar-refractivity contribution < 1.29 is 14.1 Å². The highest BCUT2D eigenvalue weighted by atomic mass is 16.6. The third-order valence-corrected chi connectivity index (χ3v) is 3.71. The van der Waals surface area contributed by atoms with E-state index in [0.717, 1.165) is 6.20 Å². The molecule has 0 unspecified atom stereocenters. The molecule has 0 saturated carbocycles. The van der Waals surface area contributed by atoms with Gasteiger partial charge in [0.05, 0.1) is 4.92 Å². The van der Waals surface area contributed by atoms with Gasteiger partial charge in [-0.2, -0.15) is 5.10 Å². The summed E-state index contributed by atoms with van der Waals surface area (Å²) in [6.45, 7) is 6.29. The van der Waals surface area contributed by atoms with E-state index in [0.29, 0.717) is 22.7 Å². The van der Waals surface area contributed by atoms with Crippen LogP contribution in [0.4, 0.5) is 11.4 Å². The minimum Gasteiger partial charge on any atom is -0.440 e. The Morgan fingerprint density at radius 1 is 1.38 bits per heavy atom. The number of nitrogens with zero attached hydrogens (tertiary/aromatic N) is 4. The molecule has 0 aliphatic rings. The lowest BCUT2D eigenvalue weighted by atomic mass is 9.97. The first kappa shape index (κ1) is 17.6. The molecule has 0 aliphatic carbocycles. The summed E-state index contributed by atoms with van der Waals surface area (Å²) in [7, 11) is 0. The minimum atomic E-state index is -0.525. The van der Waals surface area contributed by atoms with Crippen molar-refractivity contribution >= 4 is 28.4 Å². The molecule has 26 heavy (non-hydrogen) atoms. The van der Waals surface area contributed by atoms with Crippen LogP contribution in [-0.4, -0.2) is 25.6 Å². The Morgan fingerprint density at radius 3 is 2.81 bits per heavy atom. The van der Waals surface area contributed by atoms with E-state index in [2.05, 4.69) is 15.4 Å². The van der Waals surface area contributed by atoms with Gasteiger partial charge in [0, 0.05) is 24.1 Å². The summed E-state index contributed by atoms with van der Waals surface area (Å²) in [5, 5.41) is 17.3. The Bertz CT molecular complexity index is 967. The molecule has 9 heteroatoms. The molecule has 1 amide bonds. The van der Waals surface area contributed by atoms with E-state index in [1.807, 2.05) is 20.8 Å². The highest BCUT2D eigenvalue weighted by molar-refractivity contribution is 5.92. The number of rotatable bonds is 5. The van der Waals surface area contributed by atoms with E-state index in [4.69, 9.17) is 4.42 Å². The monoisotopic (exact) mass is 357 g/mol. The fraction of sp³-hybridized carbons (Fsp3) is 0.353. The Kier molecular flexibility index (Phi) is 4.45. The second-order valence-electron chi connectivity index (χ2n) is 6.97. The van der Waals surface area contributed by atoms with Crippen LogP contribution in [0.15, 0.2) is 35.0 Å². The molecule has 0 bridgehead atoms. The van der Waals surface area contributed by atoms with Crippen molar-refractivity contribution in [1.29, 1.82) is 0 Å². The number of hydrogen-bond acceptors (Lipinski definition) is 6. The smallest absolute Gasteiger partial charge is 0.306 e. The lowest BCUT2D eigenvalue weighted by Crippen LogP contribution is -2.14. The number of benzene rings is 1. The molecule has 9 nitrogen and oxygen atoms in total. The molecular weight excluding hydrogens is 338 g/mol. The molecule has 136 valence electrons. The van der Waals surface area contributed by atoms with Crippen molar-refractivity contribution in [2.45, 2.75) is 39.2 Å². The average molecular weight is 357 g/mol. The Balaban J connectivity index is 1.64. The standard InChI is InChI=1S/C17H19N5O4/c1-17(2,3)16-20-13-8-11(4-5-14(13)26-16)19-15(23)6-7-21-10-12(9-18-21)22(24)25/h4-5,8-10H,6-7H2,1-3H3,(H,19,23). The van der Waals surface area contributed by atoms with Crippen molar-refractivity contribution in [3.8, 4) is 0 Å². The van der Waals surface area contributed by atoms with Gasteiger partial charge in [-0.05, 0) is 18.2 Å². The summed E-state index contributed by atoms with van der Waals surface area (Å²) in [6.07, 6.45) is 2.59. The molecule has 3 aromatic rings. The maximum absolute atomic E-state index is 12.1. The van der Waals surface area contributed by atoms with Gasteiger partial charge in [-0.1, -0.05) is 20.8 Å². The number of carbonyl (C=O) groups is 1. The molecule has 0 saturated heterocycles. The first-order valence-electron chi connectivity index (χ1n) is 8.10. The fourth-order valence-electron chi connectivity index (χ4n) is 2.33. The average Bonchev–Trinajstić information content (AvgIpc) is 3.19. The van der Waals surface area contributed by atoms with Gasteiger partial charge in [0.25, 0.3) is 0 Å². The molecule has 0 radical (unpaired) electrons. The topological polar surface area (TPSA) is 116 Å². The van der Waals surface area contributed by atoms with Crippen LogP contribution in [0.3, 0.4) is 0 Å². The lowest BCUT2D eigenvalue weighted by Gasteiger charge is -2.11. The fourth-order valence-corrected chi connectivity index (χ4v) is 2.33. The zero-order valence-electron chi connectivity index (χ0n) is 14.7. The van der Waals surface area contributed by atoms with Crippen LogP contribution in [-0.2, 0) is 16.8 Å². The van der Waals surface area contributed by atoms with Crippen LogP contribution >= 0.6 is 0 Å². The van der Waals surface area contributed by atoms with Crippen LogP contribution in [0, 0.1) is 10.1 Å². The first-order chi connectivity index (χ1) is 12.2. The van der Waals surface area contributed by atoms with Crippen LogP contribution in [0.2, 0.25) is 0 Å². The molecule has 0 spiro atoms. The van der Waals surface area contributed by atoms with Crippen LogP contribution in [0.25, 0.3) is 11.1 Å². The zero-order chi connectivity index (χ0) is 18.9. The van der Waals surface area contributed by atoms with Crippen LogP contribution in [0.1, 0.15) is 33.1 Å². The number of fused-ring (bicyclic) bond motifs is 1. The molecule has 1 N–H and O–H groups in total. The number of anilines is 1. The van der Waals surface area contributed by atoms with Gasteiger partial charge in [0.2, 0.25) is 11.8 Å². The van der Waals surface area contributed by atoms with E-state index in [1.54, 1.807) is 18.2 Å². The lowest BCUT2D eigenvalue weighted by molar-refractivity contribution is -0.385. The van der Waals surface area contributed by atoms with Crippen LogP contribution in [0.5, 0.6) is 0 Å². The number of aromatic nitrogens is 3. The number of carbonyl (C=O) groups excluding carboxylic acids is 1. The molecule has 0 aliphatic heterocycles. The van der Waals surface area contributed by atoms with Gasteiger partial charge in [-0.25, -0.2) is 4.98 Å². The van der Waals surface area contributed by atoms with Gasteiger partial charge in [-0.15, -0.1) is 0 Å². The number of aryl methyl sites for hydroxylation is 1. The van der Waals surface area contributed by atoms with E-state index in [-0.39, 0.29) is 30.0 Å². The van der Waals surface area contributed by atoms with Gasteiger partial charge in [-0.3, -0.25) is 19.6 Å². The summed E-state index contributed by atoms with van der Waals surface area (Å²) in [6, 6.07) is 5.27. The van der Waals surface area contributed by atoms with Gasteiger partial charge in [0.1, 0.15) is 17.9 Å². The minimum absolute atomic E-state index is 0.100. The van der Waals surface area contributed by atoms with E-state index in [9.17, 15) is 14.9 Å². The third-order valence-electron chi connectivity index (χ3n) is 3.71. The maximum atomic E-state index is 12.1. The summed E-state index contributed by atoms with van der Waals surface area (Å²) in [5.74, 6) is 0.415. The van der Waals surface area contributed by atoms with E-state index < -0.39 is 4.92 Å².